The first-order chi connectivity index (χ1) is 15.5. The lowest BCUT2D eigenvalue weighted by molar-refractivity contribution is 0.0992. The minimum Gasteiger partial charge on any atom is -0.497 e. The number of nitrogens with one attached hydrogen (secondary N) is 1. The van der Waals surface area contributed by atoms with E-state index in [2.05, 4.69) is 10.4 Å². The molecule has 0 unspecified atom stereocenters. The SMILES string of the molecule is COc1cccc(OCc2ccc(C(=O)Nc3cc(C)n(Cc4cccc(Cl)c4)n3)o2)c1. The first-order valence-electron chi connectivity index (χ1n) is 9.96. The molecule has 1 N–H and O–H groups in total. The van der Waals surface area contributed by atoms with Gasteiger partial charge in [0.2, 0.25) is 0 Å². The van der Waals surface area contributed by atoms with Crippen LogP contribution in [-0.2, 0) is 13.2 Å². The molecule has 0 atom stereocenters. The standard InChI is InChI=1S/C24H22ClN3O4/c1-16-11-23(27-28(16)14-17-5-3-6-18(25)12-17)26-24(29)22-10-9-21(32-22)15-31-20-8-4-7-19(13-20)30-2/h3-13H,14-15H2,1-2H3,(H,26,27,29). The second-order valence-electron chi connectivity index (χ2n) is 7.15. The van der Waals surface area contributed by atoms with Gasteiger partial charge in [-0.25, -0.2) is 0 Å². The van der Waals surface area contributed by atoms with Gasteiger partial charge in [0.1, 0.15) is 23.9 Å². The second-order valence-corrected chi connectivity index (χ2v) is 7.58. The number of methoxy groups -OCH3 is 1. The number of ether oxygens (including phenoxy) is 2. The van der Waals surface area contributed by atoms with E-state index in [4.69, 9.17) is 25.5 Å². The summed E-state index contributed by atoms with van der Waals surface area (Å²) in [6.45, 7) is 2.66. The number of carbonyl (C=O) groups is 1. The van der Waals surface area contributed by atoms with Crippen LogP contribution >= 0.6 is 11.6 Å². The van der Waals surface area contributed by atoms with Crippen LogP contribution in [0.5, 0.6) is 11.5 Å². The summed E-state index contributed by atoms with van der Waals surface area (Å²) in [4.78, 5) is 12.6. The predicted octanol–water partition coefficient (Wildman–Crippen LogP) is 5.33. The van der Waals surface area contributed by atoms with Gasteiger partial charge >= 0.3 is 0 Å². The van der Waals surface area contributed by atoms with Gasteiger partial charge in [-0.15, -0.1) is 0 Å². The number of amides is 1. The number of aryl methyl sites for hydroxylation is 1. The van der Waals surface area contributed by atoms with Crippen LogP contribution < -0.4 is 14.8 Å². The van der Waals surface area contributed by atoms with Crippen molar-refractivity contribution in [3.63, 3.8) is 0 Å². The largest absolute Gasteiger partial charge is 0.497 e. The van der Waals surface area contributed by atoms with Crippen LogP contribution in [0.25, 0.3) is 0 Å². The van der Waals surface area contributed by atoms with Crippen LogP contribution in [0.4, 0.5) is 5.82 Å². The van der Waals surface area contributed by atoms with Gasteiger partial charge in [0.05, 0.1) is 13.7 Å². The quantitative estimate of drug-likeness (QED) is 0.392. The molecule has 0 saturated carbocycles. The van der Waals surface area contributed by atoms with Gasteiger partial charge in [-0.3, -0.25) is 9.48 Å². The molecule has 2 heterocycles. The number of rotatable bonds is 8. The molecule has 0 aliphatic rings. The molecular weight excluding hydrogens is 430 g/mol. The minimum atomic E-state index is -0.384. The molecule has 7 nitrogen and oxygen atoms in total. The molecule has 4 rings (SSSR count). The molecule has 32 heavy (non-hydrogen) atoms. The maximum Gasteiger partial charge on any atom is 0.292 e. The molecule has 2 aromatic carbocycles. The zero-order valence-corrected chi connectivity index (χ0v) is 18.4. The predicted molar refractivity (Wildman–Crippen MR) is 122 cm³/mol. The summed E-state index contributed by atoms with van der Waals surface area (Å²) in [5.74, 6) is 2.11. The number of hydrogen-bond donors (Lipinski definition) is 1. The smallest absolute Gasteiger partial charge is 0.292 e. The Hall–Kier alpha value is -3.71. The highest BCUT2D eigenvalue weighted by Gasteiger charge is 2.14. The lowest BCUT2D eigenvalue weighted by Crippen LogP contribution is -2.12. The number of benzene rings is 2. The zero-order valence-electron chi connectivity index (χ0n) is 17.7. The van der Waals surface area contributed by atoms with Crippen LogP contribution in [0.2, 0.25) is 5.02 Å². The van der Waals surface area contributed by atoms with E-state index in [1.54, 1.807) is 36.1 Å². The normalized spacial score (nSPS) is 10.7. The molecule has 2 aromatic heterocycles. The Morgan fingerprint density at radius 2 is 1.91 bits per heavy atom. The lowest BCUT2D eigenvalue weighted by atomic mass is 10.2. The third kappa shape index (κ3) is 5.31. The molecule has 0 spiro atoms. The summed E-state index contributed by atoms with van der Waals surface area (Å²) < 4.78 is 18.3. The average molecular weight is 452 g/mol. The van der Waals surface area contributed by atoms with Crippen molar-refractivity contribution in [1.29, 1.82) is 0 Å². The highest BCUT2D eigenvalue weighted by Crippen LogP contribution is 2.21. The van der Waals surface area contributed by atoms with Crippen molar-refractivity contribution in [2.75, 3.05) is 12.4 Å². The van der Waals surface area contributed by atoms with E-state index >= 15 is 0 Å². The maximum atomic E-state index is 12.6. The van der Waals surface area contributed by atoms with Crippen molar-refractivity contribution in [3.8, 4) is 11.5 Å². The number of hydrogen-bond acceptors (Lipinski definition) is 5. The Labute approximate surface area is 190 Å². The Morgan fingerprint density at radius 3 is 2.72 bits per heavy atom. The van der Waals surface area contributed by atoms with Gasteiger partial charge in [-0.2, -0.15) is 5.10 Å². The number of halogens is 1. The molecule has 8 heteroatoms. The van der Waals surface area contributed by atoms with Crippen molar-refractivity contribution in [1.82, 2.24) is 9.78 Å². The monoisotopic (exact) mass is 451 g/mol. The highest BCUT2D eigenvalue weighted by atomic mass is 35.5. The van der Waals surface area contributed by atoms with E-state index in [-0.39, 0.29) is 18.3 Å². The molecular formula is C24H22ClN3O4. The van der Waals surface area contributed by atoms with Crippen LogP contribution in [0.1, 0.15) is 27.6 Å². The van der Waals surface area contributed by atoms with Crippen LogP contribution in [0.15, 0.2) is 71.1 Å². The number of furan rings is 1. The third-order valence-electron chi connectivity index (χ3n) is 4.75. The number of anilines is 1. The van der Waals surface area contributed by atoms with Gasteiger partial charge in [-0.1, -0.05) is 29.8 Å². The highest BCUT2D eigenvalue weighted by molar-refractivity contribution is 6.30. The summed E-state index contributed by atoms with van der Waals surface area (Å²) in [5.41, 5.74) is 1.93. The zero-order chi connectivity index (χ0) is 22.5. The molecule has 0 radical (unpaired) electrons. The van der Waals surface area contributed by atoms with Crippen molar-refractivity contribution in [2.45, 2.75) is 20.1 Å². The van der Waals surface area contributed by atoms with Gasteiger partial charge in [-0.05, 0) is 48.9 Å². The van der Waals surface area contributed by atoms with E-state index in [1.807, 2.05) is 49.4 Å². The minimum absolute atomic E-state index is 0.177. The fourth-order valence-corrected chi connectivity index (χ4v) is 3.35. The summed E-state index contributed by atoms with van der Waals surface area (Å²) >= 11 is 6.05. The fourth-order valence-electron chi connectivity index (χ4n) is 3.14. The topological polar surface area (TPSA) is 78.5 Å². The maximum absolute atomic E-state index is 12.6. The van der Waals surface area contributed by atoms with E-state index < -0.39 is 0 Å². The summed E-state index contributed by atoms with van der Waals surface area (Å²) in [5, 5.41) is 7.90. The van der Waals surface area contributed by atoms with Crippen molar-refractivity contribution in [3.05, 3.63) is 94.5 Å². The lowest BCUT2D eigenvalue weighted by Gasteiger charge is -2.06. The first-order valence-corrected chi connectivity index (χ1v) is 10.3. The van der Waals surface area contributed by atoms with E-state index in [9.17, 15) is 4.79 Å². The van der Waals surface area contributed by atoms with Gasteiger partial charge in [0, 0.05) is 22.8 Å². The van der Waals surface area contributed by atoms with Crippen molar-refractivity contribution in [2.24, 2.45) is 0 Å². The van der Waals surface area contributed by atoms with Crippen molar-refractivity contribution < 1.29 is 18.7 Å². The summed E-state index contributed by atoms with van der Waals surface area (Å²) in [7, 11) is 1.60. The van der Waals surface area contributed by atoms with Gasteiger partial charge < -0.3 is 19.2 Å². The Balaban J connectivity index is 1.36. The van der Waals surface area contributed by atoms with E-state index in [0.717, 1.165) is 11.3 Å². The molecule has 0 aliphatic carbocycles. The Morgan fingerprint density at radius 1 is 1.09 bits per heavy atom. The third-order valence-corrected chi connectivity index (χ3v) is 4.99. The second kappa shape index (κ2) is 9.62. The molecule has 0 fully saturated rings. The van der Waals surface area contributed by atoms with E-state index in [0.29, 0.717) is 34.6 Å². The molecule has 1 amide bonds. The van der Waals surface area contributed by atoms with Gasteiger partial charge in [0.15, 0.2) is 11.6 Å². The van der Waals surface area contributed by atoms with E-state index in [1.165, 1.54) is 0 Å². The fraction of sp³-hybridized carbons (Fsp3) is 0.167. The molecule has 164 valence electrons. The first kappa shape index (κ1) is 21.5. The molecule has 0 saturated heterocycles. The van der Waals surface area contributed by atoms with Crippen molar-refractivity contribution >= 4 is 23.3 Å². The molecule has 0 bridgehead atoms. The summed E-state index contributed by atoms with van der Waals surface area (Å²) in [6, 6.07) is 20.0. The Bertz CT molecular complexity index is 1230. The molecule has 4 aromatic rings. The van der Waals surface area contributed by atoms with Crippen LogP contribution in [0, 0.1) is 6.92 Å². The number of aromatic nitrogens is 2. The van der Waals surface area contributed by atoms with Gasteiger partial charge in [0.25, 0.3) is 5.91 Å². The Kier molecular flexibility index (Phi) is 6.47. The van der Waals surface area contributed by atoms with Crippen LogP contribution in [-0.4, -0.2) is 22.8 Å². The average Bonchev–Trinajstić information content (AvgIpc) is 3.39. The number of carbonyl (C=O) groups excluding carboxylic acids is 1. The molecule has 0 aliphatic heterocycles. The van der Waals surface area contributed by atoms with Crippen LogP contribution in [0.3, 0.4) is 0 Å². The number of nitrogens with zero attached hydrogens (tertiary/aromatic N) is 2. The summed E-state index contributed by atoms with van der Waals surface area (Å²) in [6.07, 6.45) is 0.